The van der Waals surface area contributed by atoms with Gasteiger partial charge in [-0.3, -0.25) is 0 Å². The summed E-state index contributed by atoms with van der Waals surface area (Å²) in [5.41, 5.74) is 1.49. The van der Waals surface area contributed by atoms with Crippen molar-refractivity contribution in [2.45, 2.75) is 38.6 Å². The molecule has 128 valence electrons. The molecule has 1 aliphatic carbocycles. The highest BCUT2D eigenvalue weighted by Gasteiger charge is 2.56. The molecule has 0 aromatic carbocycles. The van der Waals surface area contributed by atoms with Gasteiger partial charge in [-0.2, -0.15) is 0 Å². The van der Waals surface area contributed by atoms with E-state index in [9.17, 15) is 0 Å². The zero-order chi connectivity index (χ0) is 16.6. The third-order valence-corrected chi connectivity index (χ3v) is 5.58. The zero-order valence-corrected chi connectivity index (χ0v) is 14.6. The molecule has 2 aromatic rings. The number of anilines is 1. The minimum atomic E-state index is 0.492. The lowest BCUT2D eigenvalue weighted by Crippen LogP contribution is -2.32. The predicted octanol–water partition coefficient (Wildman–Crippen LogP) is 2.82. The number of aromatic nitrogens is 4. The van der Waals surface area contributed by atoms with Gasteiger partial charge in [0.1, 0.15) is 5.82 Å². The van der Waals surface area contributed by atoms with E-state index in [1.165, 1.54) is 32.4 Å². The Morgan fingerprint density at radius 2 is 1.96 bits per heavy atom. The van der Waals surface area contributed by atoms with E-state index in [0.29, 0.717) is 17.4 Å². The van der Waals surface area contributed by atoms with Crippen molar-refractivity contribution in [2.24, 2.45) is 5.41 Å². The van der Waals surface area contributed by atoms with Crippen molar-refractivity contribution in [1.29, 1.82) is 0 Å². The molecule has 1 saturated heterocycles. The number of piperidine rings is 1. The van der Waals surface area contributed by atoms with Gasteiger partial charge in [0, 0.05) is 37.4 Å². The molecule has 0 amide bonds. The van der Waals surface area contributed by atoms with Crippen molar-refractivity contribution in [3.8, 4) is 11.4 Å². The molecule has 6 heteroatoms. The molecule has 1 saturated carbocycles. The van der Waals surface area contributed by atoms with E-state index >= 15 is 0 Å². The fraction of sp³-hybridized carbons (Fsp3) is 0.611. The number of nitrogens with zero attached hydrogens (tertiary/aromatic N) is 5. The summed E-state index contributed by atoms with van der Waals surface area (Å²) in [6.07, 6.45) is 12.7. The second-order valence-electron chi connectivity index (χ2n) is 7.27. The fourth-order valence-electron chi connectivity index (χ4n) is 3.88. The topological polar surface area (TPSA) is 58.9 Å². The smallest absolute Gasteiger partial charge is 0.222 e. The second kappa shape index (κ2) is 6.16. The van der Waals surface area contributed by atoms with Gasteiger partial charge in [-0.1, -0.05) is 6.92 Å². The maximum Gasteiger partial charge on any atom is 0.222 e. The summed E-state index contributed by atoms with van der Waals surface area (Å²) < 4.78 is 2.35. The van der Waals surface area contributed by atoms with Crippen LogP contribution < -0.4 is 5.32 Å². The lowest BCUT2D eigenvalue weighted by molar-refractivity contribution is 0.193. The molecule has 24 heavy (non-hydrogen) atoms. The highest BCUT2D eigenvalue weighted by atomic mass is 15.2. The number of rotatable bonds is 5. The highest BCUT2D eigenvalue weighted by Crippen LogP contribution is 2.62. The van der Waals surface area contributed by atoms with Crippen LogP contribution in [0.4, 0.5) is 5.95 Å². The summed E-state index contributed by atoms with van der Waals surface area (Å²) in [7, 11) is 2.22. The predicted molar refractivity (Wildman–Crippen MR) is 94.9 cm³/mol. The SMILES string of the molecule is CCCNc1ncc(-c2nccn2C2CC23CCN(C)CC3)cn1. The quantitative estimate of drug-likeness (QED) is 0.915. The van der Waals surface area contributed by atoms with Gasteiger partial charge in [0.15, 0.2) is 0 Å². The van der Waals surface area contributed by atoms with Crippen molar-refractivity contribution in [3.63, 3.8) is 0 Å². The van der Waals surface area contributed by atoms with Crippen LogP contribution >= 0.6 is 0 Å². The monoisotopic (exact) mass is 326 g/mol. The lowest BCUT2D eigenvalue weighted by atomic mass is 9.93. The van der Waals surface area contributed by atoms with E-state index in [1.807, 2.05) is 18.6 Å². The summed E-state index contributed by atoms with van der Waals surface area (Å²) in [5.74, 6) is 1.69. The van der Waals surface area contributed by atoms with E-state index in [-0.39, 0.29) is 0 Å². The fourth-order valence-corrected chi connectivity index (χ4v) is 3.88. The first kappa shape index (κ1) is 15.6. The molecule has 2 aliphatic rings. The van der Waals surface area contributed by atoms with Crippen LogP contribution in [0.15, 0.2) is 24.8 Å². The highest BCUT2D eigenvalue weighted by molar-refractivity contribution is 5.54. The van der Waals surface area contributed by atoms with Gasteiger partial charge in [-0.05, 0) is 51.2 Å². The number of nitrogens with one attached hydrogen (secondary N) is 1. The molecule has 1 N–H and O–H groups in total. The van der Waals surface area contributed by atoms with E-state index in [0.717, 1.165) is 24.4 Å². The first-order valence-electron chi connectivity index (χ1n) is 8.99. The van der Waals surface area contributed by atoms with Crippen LogP contribution in [0.1, 0.15) is 38.6 Å². The minimum absolute atomic E-state index is 0.492. The Hall–Kier alpha value is -1.95. The first-order chi connectivity index (χ1) is 11.7. The molecule has 1 aliphatic heterocycles. The molecule has 2 aromatic heterocycles. The van der Waals surface area contributed by atoms with Crippen molar-refractivity contribution in [1.82, 2.24) is 24.4 Å². The first-order valence-corrected chi connectivity index (χ1v) is 8.99. The lowest BCUT2D eigenvalue weighted by Gasteiger charge is -2.30. The third kappa shape index (κ3) is 2.79. The molecule has 0 radical (unpaired) electrons. The summed E-state index contributed by atoms with van der Waals surface area (Å²) in [5, 5.41) is 3.21. The van der Waals surface area contributed by atoms with Gasteiger partial charge < -0.3 is 14.8 Å². The maximum absolute atomic E-state index is 4.58. The number of imidazole rings is 1. The third-order valence-electron chi connectivity index (χ3n) is 5.58. The van der Waals surface area contributed by atoms with Gasteiger partial charge in [0.05, 0.1) is 5.56 Å². The number of hydrogen-bond acceptors (Lipinski definition) is 5. The molecule has 0 bridgehead atoms. The average Bonchev–Trinajstić information content (AvgIpc) is 3.08. The van der Waals surface area contributed by atoms with Crippen LogP contribution in [0.5, 0.6) is 0 Å². The number of hydrogen-bond donors (Lipinski definition) is 1. The average molecular weight is 326 g/mol. The minimum Gasteiger partial charge on any atom is -0.354 e. The Kier molecular flexibility index (Phi) is 4.00. The molecule has 2 fully saturated rings. The van der Waals surface area contributed by atoms with E-state index in [1.54, 1.807) is 0 Å². The van der Waals surface area contributed by atoms with Crippen LogP contribution in [-0.4, -0.2) is 51.1 Å². The van der Waals surface area contributed by atoms with Crippen LogP contribution in [0.3, 0.4) is 0 Å². The number of likely N-dealkylation sites (tertiary alicyclic amines) is 1. The standard InChI is InChI=1S/C18H26N6/c1-3-6-20-17-21-12-14(13-22-17)16-19-7-10-24(16)15-11-18(15)4-8-23(2)9-5-18/h7,10,12-13,15H,3-6,8-9,11H2,1-2H3,(H,20,21,22). The van der Waals surface area contributed by atoms with Gasteiger partial charge >= 0.3 is 0 Å². The molecule has 4 rings (SSSR count). The largest absolute Gasteiger partial charge is 0.354 e. The van der Waals surface area contributed by atoms with Crippen molar-refractivity contribution >= 4 is 5.95 Å². The maximum atomic E-state index is 4.58. The van der Waals surface area contributed by atoms with Crippen molar-refractivity contribution in [3.05, 3.63) is 24.8 Å². The Bertz CT molecular complexity index is 684. The van der Waals surface area contributed by atoms with Gasteiger partial charge in [-0.25, -0.2) is 15.0 Å². The molecule has 1 unspecified atom stereocenters. The van der Waals surface area contributed by atoms with Crippen LogP contribution in [0.2, 0.25) is 0 Å². The Labute approximate surface area is 143 Å². The van der Waals surface area contributed by atoms with Gasteiger partial charge in [0.25, 0.3) is 0 Å². The van der Waals surface area contributed by atoms with Crippen LogP contribution in [0.25, 0.3) is 11.4 Å². The Morgan fingerprint density at radius 3 is 2.67 bits per heavy atom. The second-order valence-corrected chi connectivity index (χ2v) is 7.27. The van der Waals surface area contributed by atoms with Crippen molar-refractivity contribution in [2.75, 3.05) is 32.0 Å². The molecule has 1 spiro atoms. The van der Waals surface area contributed by atoms with Crippen molar-refractivity contribution < 1.29 is 0 Å². The molecule has 1 atom stereocenters. The zero-order valence-electron chi connectivity index (χ0n) is 14.6. The summed E-state index contributed by atoms with van der Waals surface area (Å²) in [4.78, 5) is 15.9. The summed E-state index contributed by atoms with van der Waals surface area (Å²) in [6, 6.07) is 0.585. The van der Waals surface area contributed by atoms with Gasteiger partial charge in [0.2, 0.25) is 5.95 Å². The summed E-state index contributed by atoms with van der Waals surface area (Å²) in [6.45, 7) is 5.45. The normalized spacial score (nSPS) is 22.7. The molecule has 6 nitrogen and oxygen atoms in total. The van der Waals surface area contributed by atoms with E-state index in [4.69, 9.17) is 0 Å². The molecular formula is C18H26N6. The van der Waals surface area contributed by atoms with Crippen LogP contribution in [-0.2, 0) is 0 Å². The molecule has 3 heterocycles. The van der Waals surface area contributed by atoms with Crippen LogP contribution in [0, 0.1) is 5.41 Å². The van der Waals surface area contributed by atoms with E-state index in [2.05, 4.69) is 49.9 Å². The Balaban J connectivity index is 1.51. The Morgan fingerprint density at radius 1 is 1.21 bits per heavy atom. The summed E-state index contributed by atoms with van der Waals surface area (Å²) >= 11 is 0. The van der Waals surface area contributed by atoms with E-state index < -0.39 is 0 Å². The molecular weight excluding hydrogens is 300 g/mol. The van der Waals surface area contributed by atoms with Gasteiger partial charge in [-0.15, -0.1) is 0 Å².